The summed E-state index contributed by atoms with van der Waals surface area (Å²) in [5.41, 5.74) is 5.58. The molecule has 2 nitrogen and oxygen atoms in total. The number of aryl methyl sites for hydroxylation is 2. The number of esters is 1. The first-order chi connectivity index (χ1) is 16.7. The Morgan fingerprint density at radius 3 is 1.53 bits per heavy atom. The van der Waals surface area contributed by atoms with E-state index in [1.165, 1.54) is 74.5 Å². The number of benzene rings is 3. The van der Waals surface area contributed by atoms with Crippen LogP contribution in [-0.4, -0.2) is 5.97 Å². The van der Waals surface area contributed by atoms with Crippen LogP contribution in [0.15, 0.2) is 72.8 Å². The van der Waals surface area contributed by atoms with Gasteiger partial charge in [0.25, 0.3) is 0 Å². The average Bonchev–Trinajstić information content (AvgIpc) is 2.88. The third-order valence-corrected chi connectivity index (χ3v) is 6.43. The van der Waals surface area contributed by atoms with E-state index >= 15 is 0 Å². The van der Waals surface area contributed by atoms with Gasteiger partial charge >= 0.3 is 5.97 Å². The fourth-order valence-electron chi connectivity index (χ4n) is 4.24. The first-order valence-corrected chi connectivity index (χ1v) is 13.2. The minimum absolute atomic E-state index is 0.310. The SMILES string of the molecule is CCCCCCCc1ccc(C(=O)Oc2ccc(-c3ccc(CCCCCC)cc3)cc2)cc1. The quantitative estimate of drug-likeness (QED) is 0.137. The molecule has 0 fully saturated rings. The van der Waals surface area contributed by atoms with Crippen molar-refractivity contribution in [1.29, 1.82) is 0 Å². The number of ether oxygens (including phenoxy) is 1. The smallest absolute Gasteiger partial charge is 0.343 e. The van der Waals surface area contributed by atoms with E-state index in [-0.39, 0.29) is 5.97 Å². The molecule has 0 aliphatic rings. The number of hydrogen-bond donors (Lipinski definition) is 0. The van der Waals surface area contributed by atoms with Crippen molar-refractivity contribution >= 4 is 5.97 Å². The molecule has 34 heavy (non-hydrogen) atoms. The van der Waals surface area contributed by atoms with Crippen molar-refractivity contribution in [1.82, 2.24) is 0 Å². The van der Waals surface area contributed by atoms with Crippen molar-refractivity contribution in [3.8, 4) is 16.9 Å². The molecule has 0 aliphatic heterocycles. The maximum Gasteiger partial charge on any atom is 0.343 e. The largest absolute Gasteiger partial charge is 0.423 e. The third-order valence-electron chi connectivity index (χ3n) is 6.43. The van der Waals surface area contributed by atoms with Crippen LogP contribution in [0.2, 0.25) is 0 Å². The van der Waals surface area contributed by atoms with Crippen LogP contribution >= 0.6 is 0 Å². The molecule has 0 unspecified atom stereocenters. The Morgan fingerprint density at radius 1 is 0.559 bits per heavy atom. The molecule has 0 aliphatic carbocycles. The highest BCUT2D eigenvalue weighted by molar-refractivity contribution is 5.91. The van der Waals surface area contributed by atoms with E-state index in [0.29, 0.717) is 11.3 Å². The van der Waals surface area contributed by atoms with Crippen LogP contribution < -0.4 is 4.74 Å². The molecule has 0 saturated heterocycles. The van der Waals surface area contributed by atoms with Gasteiger partial charge in [-0.25, -0.2) is 4.79 Å². The Kier molecular flexibility index (Phi) is 10.9. The van der Waals surface area contributed by atoms with Crippen LogP contribution in [0.1, 0.15) is 93.1 Å². The van der Waals surface area contributed by atoms with Crippen LogP contribution in [0.3, 0.4) is 0 Å². The molecular weight excluding hydrogens is 416 g/mol. The van der Waals surface area contributed by atoms with E-state index in [9.17, 15) is 4.79 Å². The summed E-state index contributed by atoms with van der Waals surface area (Å²) in [6, 6.07) is 24.4. The second-order valence-corrected chi connectivity index (χ2v) is 9.28. The Balaban J connectivity index is 1.48. The van der Waals surface area contributed by atoms with Crippen LogP contribution in [0.5, 0.6) is 5.75 Å². The van der Waals surface area contributed by atoms with Crippen molar-refractivity contribution in [2.24, 2.45) is 0 Å². The second-order valence-electron chi connectivity index (χ2n) is 9.28. The van der Waals surface area contributed by atoms with E-state index in [4.69, 9.17) is 4.74 Å². The summed E-state index contributed by atoms with van der Waals surface area (Å²) in [6.07, 6.45) is 13.8. The van der Waals surface area contributed by atoms with Crippen LogP contribution in [0, 0.1) is 0 Å². The van der Waals surface area contributed by atoms with Gasteiger partial charge < -0.3 is 4.74 Å². The Morgan fingerprint density at radius 2 is 1.00 bits per heavy atom. The summed E-state index contributed by atoms with van der Waals surface area (Å²) in [4.78, 5) is 12.6. The molecule has 3 aromatic rings. The Bertz CT molecular complexity index is 969. The van der Waals surface area contributed by atoms with Crippen LogP contribution in [-0.2, 0) is 12.8 Å². The molecule has 3 rings (SSSR count). The molecule has 0 saturated carbocycles. The number of rotatable bonds is 14. The number of unbranched alkanes of at least 4 members (excludes halogenated alkanes) is 7. The fourth-order valence-corrected chi connectivity index (χ4v) is 4.24. The van der Waals surface area contributed by atoms with Gasteiger partial charge in [-0.05, 0) is 72.2 Å². The topological polar surface area (TPSA) is 26.3 Å². The van der Waals surface area contributed by atoms with Gasteiger partial charge in [0.05, 0.1) is 5.56 Å². The first kappa shape index (κ1) is 25.7. The highest BCUT2D eigenvalue weighted by atomic mass is 16.5. The molecule has 0 N–H and O–H groups in total. The molecular formula is C32H40O2. The third kappa shape index (κ3) is 8.48. The van der Waals surface area contributed by atoms with E-state index in [1.54, 1.807) is 0 Å². The number of carbonyl (C=O) groups is 1. The minimum atomic E-state index is -0.310. The molecule has 0 amide bonds. The lowest BCUT2D eigenvalue weighted by Gasteiger charge is -2.08. The van der Waals surface area contributed by atoms with Gasteiger partial charge in [0, 0.05) is 0 Å². The molecule has 0 spiro atoms. The summed E-state index contributed by atoms with van der Waals surface area (Å²) in [5.74, 6) is 0.260. The van der Waals surface area contributed by atoms with Crippen molar-refractivity contribution in [2.75, 3.05) is 0 Å². The Labute approximate surface area is 206 Å². The maximum atomic E-state index is 12.6. The van der Waals surface area contributed by atoms with Gasteiger partial charge in [0.1, 0.15) is 5.75 Å². The maximum absolute atomic E-state index is 12.6. The molecule has 0 heterocycles. The average molecular weight is 457 g/mol. The lowest BCUT2D eigenvalue weighted by atomic mass is 10.0. The Hall–Kier alpha value is -2.87. The summed E-state index contributed by atoms with van der Waals surface area (Å²) < 4.78 is 5.60. The first-order valence-electron chi connectivity index (χ1n) is 13.2. The van der Waals surface area contributed by atoms with Gasteiger partial charge in [0.2, 0.25) is 0 Å². The fraction of sp³-hybridized carbons (Fsp3) is 0.406. The molecule has 0 radical (unpaired) electrons. The summed E-state index contributed by atoms with van der Waals surface area (Å²) in [6.45, 7) is 4.48. The lowest BCUT2D eigenvalue weighted by molar-refractivity contribution is 0.0735. The predicted octanol–water partition coefficient (Wildman–Crippen LogP) is 9.21. The zero-order valence-electron chi connectivity index (χ0n) is 21.0. The van der Waals surface area contributed by atoms with Gasteiger partial charge in [-0.15, -0.1) is 0 Å². The molecule has 0 bridgehead atoms. The van der Waals surface area contributed by atoms with Gasteiger partial charge in [-0.3, -0.25) is 0 Å². The molecule has 180 valence electrons. The molecule has 0 aromatic heterocycles. The van der Waals surface area contributed by atoms with Crippen molar-refractivity contribution < 1.29 is 9.53 Å². The van der Waals surface area contributed by atoms with Gasteiger partial charge in [-0.1, -0.05) is 107 Å². The van der Waals surface area contributed by atoms with E-state index in [1.807, 2.05) is 48.5 Å². The van der Waals surface area contributed by atoms with Crippen molar-refractivity contribution in [3.05, 3.63) is 89.5 Å². The molecule has 3 aromatic carbocycles. The van der Waals surface area contributed by atoms with Crippen molar-refractivity contribution in [2.45, 2.75) is 84.5 Å². The normalized spacial score (nSPS) is 10.9. The van der Waals surface area contributed by atoms with Crippen molar-refractivity contribution in [3.63, 3.8) is 0 Å². The predicted molar refractivity (Wildman–Crippen MR) is 144 cm³/mol. The minimum Gasteiger partial charge on any atom is -0.423 e. The number of carbonyl (C=O) groups excluding carboxylic acids is 1. The van der Waals surface area contributed by atoms with E-state index in [0.717, 1.165) is 18.4 Å². The highest BCUT2D eigenvalue weighted by Crippen LogP contribution is 2.24. The van der Waals surface area contributed by atoms with E-state index < -0.39 is 0 Å². The van der Waals surface area contributed by atoms with Crippen LogP contribution in [0.25, 0.3) is 11.1 Å². The highest BCUT2D eigenvalue weighted by Gasteiger charge is 2.09. The number of hydrogen-bond acceptors (Lipinski definition) is 2. The zero-order chi connectivity index (χ0) is 24.0. The summed E-state index contributed by atoms with van der Waals surface area (Å²) in [5, 5.41) is 0. The molecule has 2 heteroatoms. The summed E-state index contributed by atoms with van der Waals surface area (Å²) in [7, 11) is 0. The lowest BCUT2D eigenvalue weighted by Crippen LogP contribution is -2.08. The van der Waals surface area contributed by atoms with Crippen LogP contribution in [0.4, 0.5) is 0 Å². The summed E-state index contributed by atoms with van der Waals surface area (Å²) >= 11 is 0. The monoisotopic (exact) mass is 456 g/mol. The molecule has 0 atom stereocenters. The van der Waals surface area contributed by atoms with E-state index in [2.05, 4.69) is 38.1 Å². The zero-order valence-corrected chi connectivity index (χ0v) is 21.0. The standard InChI is InChI=1S/C32H40O2/c1-3-5-7-9-11-13-27-16-20-30(21-17-27)32(33)34-31-24-22-29(23-25-31)28-18-14-26(15-19-28)12-10-8-6-4-2/h14-25H,3-13H2,1-2H3. The second kappa shape index (κ2) is 14.4. The van der Waals surface area contributed by atoms with Gasteiger partial charge in [-0.2, -0.15) is 0 Å². The van der Waals surface area contributed by atoms with Gasteiger partial charge in [0.15, 0.2) is 0 Å².